The normalized spacial score (nSPS) is 19.8. The molecule has 20 heavy (non-hydrogen) atoms. The average molecular weight is 270 g/mol. The third kappa shape index (κ3) is 2.33. The van der Waals surface area contributed by atoms with E-state index in [0.717, 1.165) is 12.4 Å². The van der Waals surface area contributed by atoms with E-state index in [9.17, 15) is 4.79 Å². The molecule has 2 N–H and O–H groups in total. The van der Waals surface area contributed by atoms with Gasteiger partial charge in [-0.15, -0.1) is 0 Å². The Labute approximate surface area is 117 Å². The summed E-state index contributed by atoms with van der Waals surface area (Å²) >= 11 is 0. The molecule has 1 aliphatic carbocycles. The minimum absolute atomic E-state index is 0.296. The minimum atomic E-state index is -0.919. The van der Waals surface area contributed by atoms with Crippen molar-refractivity contribution in [3.63, 3.8) is 0 Å². The molecule has 1 saturated carbocycles. The average Bonchev–Trinajstić information content (AvgIpc) is 3.03. The van der Waals surface area contributed by atoms with E-state index in [4.69, 9.17) is 5.11 Å². The van der Waals surface area contributed by atoms with Crippen molar-refractivity contribution in [3.8, 4) is 0 Å². The lowest BCUT2D eigenvalue weighted by molar-refractivity contribution is 0.0699. The highest BCUT2D eigenvalue weighted by molar-refractivity contribution is 6.02. The first-order valence-electron chi connectivity index (χ1n) is 6.84. The quantitative estimate of drug-likeness (QED) is 0.894. The molecule has 1 unspecified atom stereocenters. The lowest BCUT2D eigenvalue weighted by Crippen LogP contribution is -2.08. The van der Waals surface area contributed by atoms with Crippen LogP contribution < -0.4 is 5.32 Å². The zero-order valence-electron chi connectivity index (χ0n) is 11.7. The van der Waals surface area contributed by atoms with Crippen LogP contribution in [0.25, 0.3) is 10.9 Å². The van der Waals surface area contributed by atoms with Gasteiger partial charge in [0.1, 0.15) is 5.82 Å². The number of aromatic carboxylic acids is 1. The maximum absolute atomic E-state index is 11.2. The standard InChI is InChI=1S/C16H18N2O2/c1-16(2)8-10(16)9-17-14-7-6-11-12(15(19)20)4-3-5-13(11)18-14/h3-7,10H,8-9H2,1-2H3,(H,17,18)(H,19,20). The SMILES string of the molecule is CC1(C)CC1CNc1ccc2c(C(=O)O)cccc2n1. The molecular weight excluding hydrogens is 252 g/mol. The summed E-state index contributed by atoms with van der Waals surface area (Å²) in [5.41, 5.74) is 1.45. The predicted octanol–water partition coefficient (Wildman–Crippen LogP) is 3.39. The van der Waals surface area contributed by atoms with Crippen molar-refractivity contribution in [2.45, 2.75) is 20.3 Å². The monoisotopic (exact) mass is 270 g/mol. The summed E-state index contributed by atoms with van der Waals surface area (Å²) in [6, 6.07) is 8.85. The van der Waals surface area contributed by atoms with E-state index in [1.807, 2.05) is 18.2 Å². The molecule has 3 rings (SSSR count). The van der Waals surface area contributed by atoms with Gasteiger partial charge in [0.15, 0.2) is 0 Å². The van der Waals surface area contributed by atoms with Crippen LogP contribution in [0.4, 0.5) is 5.82 Å². The number of hydrogen-bond donors (Lipinski definition) is 2. The molecule has 1 fully saturated rings. The molecule has 104 valence electrons. The predicted molar refractivity (Wildman–Crippen MR) is 79.1 cm³/mol. The van der Waals surface area contributed by atoms with Gasteiger partial charge < -0.3 is 10.4 Å². The van der Waals surface area contributed by atoms with E-state index in [0.29, 0.717) is 27.8 Å². The summed E-state index contributed by atoms with van der Waals surface area (Å²) in [7, 11) is 0. The molecule has 4 heteroatoms. The van der Waals surface area contributed by atoms with E-state index >= 15 is 0 Å². The lowest BCUT2D eigenvalue weighted by Gasteiger charge is -2.08. The first-order chi connectivity index (χ1) is 9.47. The molecule has 1 aliphatic rings. The van der Waals surface area contributed by atoms with Gasteiger partial charge in [-0.1, -0.05) is 19.9 Å². The topological polar surface area (TPSA) is 62.2 Å². The molecule has 1 aromatic carbocycles. The van der Waals surface area contributed by atoms with Crippen LogP contribution in [0, 0.1) is 11.3 Å². The van der Waals surface area contributed by atoms with Gasteiger partial charge in [-0.3, -0.25) is 0 Å². The Balaban J connectivity index is 1.82. The molecule has 4 nitrogen and oxygen atoms in total. The number of nitrogens with zero attached hydrogens (tertiary/aromatic N) is 1. The summed E-state index contributed by atoms with van der Waals surface area (Å²) in [6.07, 6.45) is 1.25. The number of carboxylic acid groups (broad SMARTS) is 1. The Morgan fingerprint density at radius 3 is 2.80 bits per heavy atom. The van der Waals surface area contributed by atoms with Crippen LogP contribution in [0.1, 0.15) is 30.6 Å². The van der Waals surface area contributed by atoms with E-state index in [-0.39, 0.29) is 0 Å². The van der Waals surface area contributed by atoms with Crippen LogP contribution in [0.3, 0.4) is 0 Å². The second-order valence-electron chi connectivity index (χ2n) is 6.14. The fourth-order valence-corrected chi connectivity index (χ4v) is 2.59. The number of rotatable bonds is 4. The first kappa shape index (κ1) is 12.9. The van der Waals surface area contributed by atoms with Crippen molar-refractivity contribution in [3.05, 3.63) is 35.9 Å². The Hall–Kier alpha value is -2.10. The molecule has 1 atom stereocenters. The Bertz CT molecular complexity index is 679. The van der Waals surface area contributed by atoms with Crippen LogP contribution >= 0.6 is 0 Å². The van der Waals surface area contributed by atoms with Crippen LogP contribution in [0.5, 0.6) is 0 Å². The van der Waals surface area contributed by atoms with Crippen molar-refractivity contribution in [1.82, 2.24) is 4.98 Å². The minimum Gasteiger partial charge on any atom is -0.478 e. The van der Waals surface area contributed by atoms with Crippen molar-refractivity contribution in [2.75, 3.05) is 11.9 Å². The third-order valence-corrected chi connectivity index (χ3v) is 4.21. The number of carbonyl (C=O) groups is 1. The maximum atomic E-state index is 11.2. The third-order valence-electron chi connectivity index (χ3n) is 4.21. The number of anilines is 1. The Morgan fingerprint density at radius 1 is 1.40 bits per heavy atom. The summed E-state index contributed by atoms with van der Waals surface area (Å²) in [5.74, 6) is 0.589. The van der Waals surface area contributed by atoms with E-state index < -0.39 is 5.97 Å². The maximum Gasteiger partial charge on any atom is 0.336 e. The van der Waals surface area contributed by atoms with Crippen molar-refractivity contribution >= 4 is 22.7 Å². The number of carboxylic acids is 1. The summed E-state index contributed by atoms with van der Waals surface area (Å²) in [6.45, 7) is 5.46. The van der Waals surface area contributed by atoms with E-state index in [1.54, 1.807) is 12.1 Å². The zero-order valence-corrected chi connectivity index (χ0v) is 11.7. The number of pyridine rings is 1. The van der Waals surface area contributed by atoms with Gasteiger partial charge in [-0.05, 0) is 42.0 Å². The van der Waals surface area contributed by atoms with Crippen LogP contribution in [0.2, 0.25) is 0 Å². The van der Waals surface area contributed by atoms with Crippen LogP contribution in [0.15, 0.2) is 30.3 Å². The molecule has 1 heterocycles. The van der Waals surface area contributed by atoms with Gasteiger partial charge in [0.05, 0.1) is 11.1 Å². The number of hydrogen-bond acceptors (Lipinski definition) is 3. The van der Waals surface area contributed by atoms with Crippen molar-refractivity contribution in [1.29, 1.82) is 0 Å². The van der Waals surface area contributed by atoms with Crippen molar-refractivity contribution in [2.24, 2.45) is 11.3 Å². The molecule has 0 radical (unpaired) electrons. The van der Waals surface area contributed by atoms with E-state index in [2.05, 4.69) is 24.1 Å². The highest BCUT2D eigenvalue weighted by Gasteiger charge is 2.44. The molecule has 1 aromatic heterocycles. The lowest BCUT2D eigenvalue weighted by atomic mass is 10.1. The molecule has 2 aromatic rings. The number of fused-ring (bicyclic) bond motifs is 1. The summed E-state index contributed by atoms with van der Waals surface area (Å²) < 4.78 is 0. The molecule has 0 saturated heterocycles. The molecule has 0 spiro atoms. The fraction of sp³-hybridized carbons (Fsp3) is 0.375. The smallest absolute Gasteiger partial charge is 0.336 e. The molecule has 0 aliphatic heterocycles. The second kappa shape index (κ2) is 4.47. The number of aromatic nitrogens is 1. The van der Waals surface area contributed by atoms with Gasteiger partial charge in [-0.25, -0.2) is 9.78 Å². The number of benzene rings is 1. The van der Waals surface area contributed by atoms with Gasteiger partial charge in [0.2, 0.25) is 0 Å². The van der Waals surface area contributed by atoms with Crippen LogP contribution in [-0.2, 0) is 0 Å². The first-order valence-corrected chi connectivity index (χ1v) is 6.84. The number of nitrogens with one attached hydrogen (secondary N) is 1. The van der Waals surface area contributed by atoms with Crippen molar-refractivity contribution < 1.29 is 9.90 Å². The Kier molecular flexibility index (Phi) is 2.89. The fourth-order valence-electron chi connectivity index (χ4n) is 2.59. The zero-order chi connectivity index (χ0) is 14.3. The van der Waals surface area contributed by atoms with Gasteiger partial charge in [-0.2, -0.15) is 0 Å². The largest absolute Gasteiger partial charge is 0.478 e. The molecule has 0 amide bonds. The summed E-state index contributed by atoms with van der Waals surface area (Å²) in [5, 5.41) is 13.2. The molecular formula is C16H18N2O2. The summed E-state index contributed by atoms with van der Waals surface area (Å²) in [4.78, 5) is 15.6. The second-order valence-corrected chi connectivity index (χ2v) is 6.14. The van der Waals surface area contributed by atoms with Gasteiger partial charge in [0, 0.05) is 11.9 Å². The van der Waals surface area contributed by atoms with Crippen LogP contribution in [-0.4, -0.2) is 22.6 Å². The van der Waals surface area contributed by atoms with Gasteiger partial charge in [0.25, 0.3) is 0 Å². The van der Waals surface area contributed by atoms with E-state index in [1.165, 1.54) is 6.42 Å². The molecule has 0 bridgehead atoms. The Morgan fingerprint density at radius 2 is 2.15 bits per heavy atom. The highest BCUT2D eigenvalue weighted by Crippen LogP contribution is 2.51. The highest BCUT2D eigenvalue weighted by atomic mass is 16.4. The van der Waals surface area contributed by atoms with Gasteiger partial charge >= 0.3 is 5.97 Å².